The number of pyridine rings is 1. The van der Waals surface area contributed by atoms with Crippen LogP contribution in [0.5, 0.6) is 0 Å². The summed E-state index contributed by atoms with van der Waals surface area (Å²) in [4.78, 5) is 34.9. The van der Waals surface area contributed by atoms with Gasteiger partial charge in [-0.05, 0) is 56.6 Å². The van der Waals surface area contributed by atoms with Gasteiger partial charge in [0.1, 0.15) is 39.2 Å². The molecule has 0 aromatic carbocycles. The number of fused-ring (bicyclic) bond motifs is 2. The molecule has 49 heavy (non-hydrogen) atoms. The largest absolute Gasteiger partial charge is 0.394 e. The Kier molecular flexibility index (Phi) is 11.3. The molecule has 2 aromatic rings. The second kappa shape index (κ2) is 14.8. The van der Waals surface area contributed by atoms with E-state index >= 15 is 0 Å². The molecule has 0 saturated carbocycles. The Morgan fingerprint density at radius 2 is 2.00 bits per heavy atom. The van der Waals surface area contributed by atoms with Crippen molar-refractivity contribution < 1.29 is 43.7 Å². The minimum Gasteiger partial charge on any atom is -0.394 e. The summed E-state index contributed by atoms with van der Waals surface area (Å²) in [7, 11) is -3.76. The van der Waals surface area contributed by atoms with E-state index in [0.29, 0.717) is 12.1 Å². The Labute approximate surface area is 289 Å². The fourth-order valence-electron chi connectivity index (χ4n) is 6.35. The highest BCUT2D eigenvalue weighted by molar-refractivity contribution is 7.93. The Hall–Kier alpha value is -2.81. The summed E-state index contributed by atoms with van der Waals surface area (Å²) in [5, 5.41) is 55.8. The molecule has 1 saturated heterocycles. The average molecular weight is 726 g/mol. The molecule has 2 unspecified atom stereocenters. The molecular weight excluding hydrogens is 679 g/mol. The third-order valence-corrected chi connectivity index (χ3v) is 12.3. The standard InChI is InChI=1S/C31H47N7O9S2/c1-5-6-12-46-24-22(40)19(14-39)47-26(23(24)41)37-28(42)34-15-31(4,44)27-33-13-20(48-27)49(32,45)38-29(43)36-21-16-8-7-9-18(16)35-25-17(21)10-11-30(25,2)3/h13,19,22-24,26,39-41,44H,5-12,14-15H2,1-4H3,(H2,34,37,42)(H3,32,35,36,38,43,45)/t19-,22-,23-,24+,26?,31-,49?/m1/s1. The smallest absolute Gasteiger partial charge is 0.354 e. The number of unbranched alkanes of at least 4 members (excludes halogenated alkanes) is 1. The fourth-order valence-corrected chi connectivity index (χ4v) is 8.45. The molecule has 16 nitrogen and oxygen atoms in total. The molecule has 272 valence electrons. The maximum Gasteiger partial charge on any atom is 0.354 e. The first-order chi connectivity index (χ1) is 23.1. The summed E-state index contributed by atoms with van der Waals surface area (Å²) in [5.74, 6) is 0. The van der Waals surface area contributed by atoms with E-state index in [4.69, 9.17) is 19.6 Å². The number of amides is 4. The van der Waals surface area contributed by atoms with E-state index in [2.05, 4.69) is 39.1 Å². The van der Waals surface area contributed by atoms with Gasteiger partial charge in [0, 0.05) is 17.7 Å². The van der Waals surface area contributed by atoms with Gasteiger partial charge in [0.25, 0.3) is 0 Å². The first kappa shape index (κ1) is 37.4. The number of nitrogens with one attached hydrogen (secondary N) is 3. The molecule has 3 aliphatic rings. The summed E-state index contributed by atoms with van der Waals surface area (Å²) < 4.78 is 28.3. The molecule has 18 heteroatoms. The minimum absolute atomic E-state index is 0.0462. The molecule has 0 spiro atoms. The predicted molar refractivity (Wildman–Crippen MR) is 180 cm³/mol. The van der Waals surface area contributed by atoms with Crippen molar-refractivity contribution in [3.63, 3.8) is 0 Å². The number of aliphatic hydroxyl groups is 4. The van der Waals surface area contributed by atoms with Crippen LogP contribution in [-0.2, 0) is 49.7 Å². The number of hydrogen-bond donors (Lipinski definition) is 8. The minimum atomic E-state index is -3.76. The van der Waals surface area contributed by atoms with Crippen molar-refractivity contribution in [3.8, 4) is 0 Å². The van der Waals surface area contributed by atoms with Crippen LogP contribution in [0.15, 0.2) is 14.8 Å². The van der Waals surface area contributed by atoms with E-state index in [-0.39, 0.29) is 27.8 Å². The number of aryl methyl sites for hydroxylation is 1. The van der Waals surface area contributed by atoms with Crippen LogP contribution in [0.1, 0.15) is 80.9 Å². The van der Waals surface area contributed by atoms with Crippen LogP contribution in [-0.4, -0.2) is 97.1 Å². The Balaban J connectivity index is 1.23. The Morgan fingerprint density at radius 1 is 1.24 bits per heavy atom. The quantitative estimate of drug-likeness (QED) is 0.153. The van der Waals surface area contributed by atoms with Crippen LogP contribution in [0.25, 0.3) is 0 Å². The number of rotatable bonds is 11. The number of ether oxygens (including phenoxy) is 2. The Morgan fingerprint density at radius 3 is 2.71 bits per heavy atom. The van der Waals surface area contributed by atoms with Gasteiger partial charge in [-0.3, -0.25) is 4.98 Å². The zero-order chi connectivity index (χ0) is 35.7. The summed E-state index contributed by atoms with van der Waals surface area (Å²) in [6.07, 6.45) is 0.515. The number of nitrogens with zero attached hydrogens (tertiary/aromatic N) is 3. The van der Waals surface area contributed by atoms with E-state index in [0.717, 1.165) is 72.4 Å². The van der Waals surface area contributed by atoms with Gasteiger partial charge < -0.3 is 45.9 Å². The number of aromatic nitrogens is 2. The molecule has 7 atom stereocenters. The van der Waals surface area contributed by atoms with Gasteiger partial charge in [-0.2, -0.15) is 0 Å². The van der Waals surface area contributed by atoms with Crippen molar-refractivity contribution in [1.82, 2.24) is 20.6 Å². The van der Waals surface area contributed by atoms with E-state index in [1.54, 1.807) is 0 Å². The highest BCUT2D eigenvalue weighted by Crippen LogP contribution is 2.44. The monoisotopic (exact) mass is 725 g/mol. The number of anilines is 1. The molecule has 4 amide bonds. The zero-order valence-corrected chi connectivity index (χ0v) is 29.7. The SMILES string of the molecule is CCCCO[C@H]1[C@H](O)[C@@H](CO)OC(NC(=O)NC[C@@](C)(O)c2ncc(S(N)(=O)=NC(=O)Nc3c4c(nc5c3CCC5(C)C)CCC4)s2)[C@@H]1O. The third-order valence-electron chi connectivity index (χ3n) is 9.19. The van der Waals surface area contributed by atoms with Crippen LogP contribution >= 0.6 is 11.3 Å². The van der Waals surface area contributed by atoms with Gasteiger partial charge in [0.15, 0.2) is 16.1 Å². The summed E-state index contributed by atoms with van der Waals surface area (Å²) in [6.45, 7) is 6.87. The van der Waals surface area contributed by atoms with Crippen molar-refractivity contribution in [2.24, 2.45) is 9.50 Å². The lowest BCUT2D eigenvalue weighted by molar-refractivity contribution is -0.245. The molecule has 3 heterocycles. The van der Waals surface area contributed by atoms with Crippen LogP contribution in [0.2, 0.25) is 0 Å². The molecule has 5 rings (SSSR count). The molecular formula is C31H47N7O9S2. The summed E-state index contributed by atoms with van der Waals surface area (Å²) in [5.41, 5.74) is 2.66. The fraction of sp³-hybridized carbons (Fsp3) is 0.677. The molecule has 1 aliphatic heterocycles. The first-order valence-electron chi connectivity index (χ1n) is 16.5. The molecule has 9 N–H and O–H groups in total. The van der Waals surface area contributed by atoms with Crippen molar-refractivity contribution >= 4 is 39.0 Å². The van der Waals surface area contributed by atoms with Crippen molar-refractivity contribution in [2.75, 3.05) is 25.1 Å². The lowest BCUT2D eigenvalue weighted by atomic mass is 9.90. The maximum atomic E-state index is 13.5. The average Bonchev–Trinajstić information content (AvgIpc) is 3.79. The van der Waals surface area contributed by atoms with Gasteiger partial charge in [-0.25, -0.2) is 23.9 Å². The van der Waals surface area contributed by atoms with Gasteiger partial charge >= 0.3 is 12.1 Å². The van der Waals surface area contributed by atoms with Crippen molar-refractivity contribution in [2.45, 2.75) is 119 Å². The number of carbonyl (C=O) groups is 2. The highest BCUT2D eigenvalue weighted by atomic mass is 32.2. The highest BCUT2D eigenvalue weighted by Gasteiger charge is 2.46. The van der Waals surface area contributed by atoms with E-state index < -0.39 is 64.8 Å². The number of nitrogens with two attached hydrogens (primary N) is 1. The maximum absolute atomic E-state index is 13.5. The Bertz CT molecular complexity index is 1670. The summed E-state index contributed by atoms with van der Waals surface area (Å²) >= 11 is 0.782. The zero-order valence-electron chi connectivity index (χ0n) is 28.1. The molecule has 0 radical (unpaired) electrons. The first-order valence-corrected chi connectivity index (χ1v) is 18.9. The van der Waals surface area contributed by atoms with Gasteiger partial charge in [0.2, 0.25) is 0 Å². The van der Waals surface area contributed by atoms with E-state index in [1.807, 2.05) is 6.92 Å². The van der Waals surface area contributed by atoms with E-state index in [9.17, 15) is 34.2 Å². The van der Waals surface area contributed by atoms with Crippen molar-refractivity contribution in [1.29, 1.82) is 0 Å². The van der Waals surface area contributed by atoms with Gasteiger partial charge in [-0.15, -0.1) is 15.7 Å². The topological polar surface area (TPSA) is 251 Å². The number of aliphatic hydroxyl groups excluding tert-OH is 3. The molecule has 2 aliphatic carbocycles. The second-order valence-electron chi connectivity index (χ2n) is 13.6. The molecule has 1 fully saturated rings. The van der Waals surface area contributed by atoms with Crippen molar-refractivity contribution in [3.05, 3.63) is 33.7 Å². The van der Waals surface area contributed by atoms with Gasteiger partial charge in [-0.1, -0.05) is 27.2 Å². The van der Waals surface area contributed by atoms with Gasteiger partial charge in [0.05, 0.1) is 30.7 Å². The predicted octanol–water partition coefficient (Wildman–Crippen LogP) is 1.31. The normalized spacial score (nSPS) is 26.6. The third kappa shape index (κ3) is 8.07. The number of urea groups is 2. The van der Waals surface area contributed by atoms with Crippen LogP contribution in [0.3, 0.4) is 0 Å². The molecule has 2 aromatic heterocycles. The number of carbonyl (C=O) groups excluding carboxylic acids is 2. The van der Waals surface area contributed by atoms with Crippen LogP contribution in [0, 0.1) is 0 Å². The number of hydrogen-bond acceptors (Lipinski definition) is 12. The summed E-state index contributed by atoms with van der Waals surface area (Å²) in [6, 6.07) is -1.70. The molecule has 0 bridgehead atoms. The van der Waals surface area contributed by atoms with Crippen LogP contribution in [0.4, 0.5) is 15.3 Å². The van der Waals surface area contributed by atoms with Crippen LogP contribution < -0.4 is 21.1 Å². The lowest BCUT2D eigenvalue weighted by Crippen LogP contribution is -2.65. The lowest BCUT2D eigenvalue weighted by Gasteiger charge is -2.42. The van der Waals surface area contributed by atoms with E-state index in [1.165, 1.54) is 13.1 Å². The number of thiazole rings is 1. The second-order valence-corrected chi connectivity index (χ2v) is 16.6.